The summed E-state index contributed by atoms with van der Waals surface area (Å²) in [7, 11) is 0. The van der Waals surface area contributed by atoms with Gasteiger partial charge in [-0.3, -0.25) is 4.79 Å². The summed E-state index contributed by atoms with van der Waals surface area (Å²) in [6, 6.07) is 0.498. The van der Waals surface area contributed by atoms with Gasteiger partial charge in [0.25, 0.3) is 0 Å². The second-order valence-corrected chi connectivity index (χ2v) is 5.02. The SMILES string of the molecule is CC(=O)c1sc(CCNC(C)C)nc1C. The minimum atomic E-state index is 0.119. The number of thiazole rings is 1. The smallest absolute Gasteiger partial charge is 0.171 e. The van der Waals surface area contributed by atoms with Crippen LogP contribution in [-0.4, -0.2) is 23.4 Å². The summed E-state index contributed by atoms with van der Waals surface area (Å²) >= 11 is 1.52. The van der Waals surface area contributed by atoms with Crippen molar-refractivity contribution in [3.63, 3.8) is 0 Å². The molecule has 4 heteroatoms. The first-order valence-electron chi connectivity index (χ1n) is 5.21. The maximum Gasteiger partial charge on any atom is 0.171 e. The number of ketones is 1. The number of hydrogen-bond acceptors (Lipinski definition) is 4. The lowest BCUT2D eigenvalue weighted by Gasteiger charge is -2.05. The van der Waals surface area contributed by atoms with Crippen LogP contribution in [-0.2, 0) is 6.42 Å². The van der Waals surface area contributed by atoms with E-state index >= 15 is 0 Å². The predicted molar refractivity (Wildman–Crippen MR) is 63.7 cm³/mol. The molecule has 0 unspecified atom stereocenters. The van der Waals surface area contributed by atoms with E-state index in [1.165, 1.54) is 11.3 Å². The van der Waals surface area contributed by atoms with E-state index in [9.17, 15) is 4.79 Å². The molecule has 1 N–H and O–H groups in total. The van der Waals surface area contributed by atoms with Crippen LogP contribution in [0.25, 0.3) is 0 Å². The first-order chi connectivity index (χ1) is 7.00. The molecule has 0 atom stereocenters. The number of aromatic nitrogens is 1. The van der Waals surface area contributed by atoms with Crippen LogP contribution in [0.3, 0.4) is 0 Å². The normalized spacial score (nSPS) is 11.0. The second-order valence-electron chi connectivity index (χ2n) is 3.94. The maximum atomic E-state index is 11.2. The quantitative estimate of drug-likeness (QED) is 0.783. The van der Waals surface area contributed by atoms with Crippen LogP contribution in [0, 0.1) is 6.92 Å². The van der Waals surface area contributed by atoms with Gasteiger partial charge in [0.1, 0.15) is 0 Å². The van der Waals surface area contributed by atoms with Crippen molar-refractivity contribution in [3.05, 3.63) is 15.6 Å². The molecule has 15 heavy (non-hydrogen) atoms. The molecule has 0 aromatic carbocycles. The molecule has 0 amide bonds. The number of carbonyl (C=O) groups excluding carboxylic acids is 1. The Labute approximate surface area is 94.9 Å². The van der Waals surface area contributed by atoms with Gasteiger partial charge in [0, 0.05) is 25.9 Å². The summed E-state index contributed by atoms with van der Waals surface area (Å²) < 4.78 is 0. The van der Waals surface area contributed by atoms with E-state index in [0.29, 0.717) is 6.04 Å². The zero-order valence-electron chi connectivity index (χ0n) is 9.76. The molecule has 0 aliphatic rings. The van der Waals surface area contributed by atoms with E-state index < -0.39 is 0 Å². The molecule has 0 radical (unpaired) electrons. The van der Waals surface area contributed by atoms with Crippen molar-refractivity contribution < 1.29 is 4.79 Å². The molecule has 0 fully saturated rings. The molecule has 1 aromatic rings. The first kappa shape index (κ1) is 12.3. The Bertz CT molecular complexity index is 344. The highest BCUT2D eigenvalue weighted by atomic mass is 32.1. The second kappa shape index (κ2) is 5.37. The van der Waals surface area contributed by atoms with Crippen molar-refractivity contribution in [1.82, 2.24) is 10.3 Å². The Morgan fingerprint density at radius 2 is 2.20 bits per heavy atom. The minimum absolute atomic E-state index is 0.119. The summed E-state index contributed by atoms with van der Waals surface area (Å²) in [4.78, 5) is 16.4. The monoisotopic (exact) mass is 226 g/mol. The van der Waals surface area contributed by atoms with Gasteiger partial charge >= 0.3 is 0 Å². The Balaban J connectivity index is 2.56. The zero-order valence-corrected chi connectivity index (χ0v) is 10.6. The van der Waals surface area contributed by atoms with Crippen molar-refractivity contribution in [3.8, 4) is 0 Å². The molecule has 0 saturated heterocycles. The van der Waals surface area contributed by atoms with Crippen LogP contribution in [0.15, 0.2) is 0 Å². The topological polar surface area (TPSA) is 42.0 Å². The predicted octanol–water partition coefficient (Wildman–Crippen LogP) is 2.19. The number of hydrogen-bond donors (Lipinski definition) is 1. The molecule has 1 aromatic heterocycles. The lowest BCUT2D eigenvalue weighted by Crippen LogP contribution is -2.24. The standard InChI is InChI=1S/C11H18N2OS/c1-7(2)12-6-5-10-13-8(3)11(15-10)9(4)14/h7,12H,5-6H2,1-4H3. The minimum Gasteiger partial charge on any atom is -0.314 e. The highest BCUT2D eigenvalue weighted by Crippen LogP contribution is 2.18. The summed E-state index contributed by atoms with van der Waals surface area (Å²) in [5, 5.41) is 4.38. The molecule has 84 valence electrons. The van der Waals surface area contributed by atoms with Gasteiger partial charge in [-0.15, -0.1) is 11.3 Å². The van der Waals surface area contributed by atoms with Crippen molar-refractivity contribution in [2.75, 3.05) is 6.54 Å². The van der Waals surface area contributed by atoms with Crippen LogP contribution in [0.2, 0.25) is 0 Å². The molecular formula is C11H18N2OS. The van der Waals surface area contributed by atoms with Gasteiger partial charge < -0.3 is 5.32 Å². The Kier molecular flexibility index (Phi) is 4.42. The van der Waals surface area contributed by atoms with Gasteiger partial charge in [0.05, 0.1) is 15.6 Å². The average Bonchev–Trinajstić information content (AvgIpc) is 2.46. The maximum absolute atomic E-state index is 11.2. The Morgan fingerprint density at radius 1 is 1.53 bits per heavy atom. The fourth-order valence-corrected chi connectivity index (χ4v) is 2.31. The lowest BCUT2D eigenvalue weighted by atomic mass is 10.3. The lowest BCUT2D eigenvalue weighted by molar-refractivity contribution is 0.102. The van der Waals surface area contributed by atoms with E-state index in [4.69, 9.17) is 0 Å². The van der Waals surface area contributed by atoms with E-state index in [2.05, 4.69) is 24.1 Å². The number of carbonyl (C=O) groups is 1. The third-order valence-corrected chi connectivity index (χ3v) is 3.37. The molecule has 0 aliphatic carbocycles. The molecule has 3 nitrogen and oxygen atoms in total. The molecule has 1 rings (SSSR count). The molecular weight excluding hydrogens is 208 g/mol. The Hall–Kier alpha value is -0.740. The van der Waals surface area contributed by atoms with Crippen molar-refractivity contribution in [2.24, 2.45) is 0 Å². The van der Waals surface area contributed by atoms with Crippen LogP contribution in [0.4, 0.5) is 0 Å². The van der Waals surface area contributed by atoms with Crippen molar-refractivity contribution >= 4 is 17.1 Å². The van der Waals surface area contributed by atoms with Crippen molar-refractivity contribution in [1.29, 1.82) is 0 Å². The van der Waals surface area contributed by atoms with Crippen LogP contribution in [0.5, 0.6) is 0 Å². The third-order valence-electron chi connectivity index (χ3n) is 2.05. The fraction of sp³-hybridized carbons (Fsp3) is 0.636. The van der Waals surface area contributed by atoms with Crippen LogP contribution in [0.1, 0.15) is 41.1 Å². The summed E-state index contributed by atoms with van der Waals surface area (Å²) in [5.74, 6) is 0.119. The van der Waals surface area contributed by atoms with Gasteiger partial charge in [0.15, 0.2) is 5.78 Å². The number of nitrogens with zero attached hydrogens (tertiary/aromatic N) is 1. The van der Waals surface area contributed by atoms with Gasteiger partial charge in [-0.1, -0.05) is 13.8 Å². The van der Waals surface area contributed by atoms with Crippen molar-refractivity contribution in [2.45, 2.75) is 40.2 Å². The number of Topliss-reactive ketones (excluding diaryl/α,β-unsaturated/α-hetero) is 1. The summed E-state index contributed by atoms with van der Waals surface area (Å²) in [5.41, 5.74) is 0.868. The van der Waals surface area contributed by atoms with E-state index in [-0.39, 0.29) is 5.78 Å². The number of rotatable bonds is 5. The summed E-state index contributed by atoms with van der Waals surface area (Å²) in [6.07, 6.45) is 0.900. The highest BCUT2D eigenvalue weighted by Gasteiger charge is 2.10. The van der Waals surface area contributed by atoms with Crippen LogP contribution >= 0.6 is 11.3 Å². The molecule has 0 saturated carbocycles. The molecule has 0 aliphatic heterocycles. The van der Waals surface area contributed by atoms with E-state index in [1.54, 1.807) is 6.92 Å². The van der Waals surface area contributed by atoms with Crippen LogP contribution < -0.4 is 5.32 Å². The number of aryl methyl sites for hydroxylation is 1. The van der Waals surface area contributed by atoms with Gasteiger partial charge in [0.2, 0.25) is 0 Å². The zero-order chi connectivity index (χ0) is 11.4. The fourth-order valence-electron chi connectivity index (χ4n) is 1.35. The number of nitrogens with one attached hydrogen (secondary N) is 1. The third kappa shape index (κ3) is 3.72. The molecule has 1 heterocycles. The van der Waals surface area contributed by atoms with Gasteiger partial charge in [-0.05, 0) is 6.92 Å². The van der Waals surface area contributed by atoms with E-state index in [1.807, 2.05) is 6.92 Å². The molecule has 0 spiro atoms. The van der Waals surface area contributed by atoms with Gasteiger partial charge in [-0.2, -0.15) is 0 Å². The highest BCUT2D eigenvalue weighted by molar-refractivity contribution is 7.13. The Morgan fingerprint density at radius 3 is 2.67 bits per heavy atom. The largest absolute Gasteiger partial charge is 0.314 e. The first-order valence-corrected chi connectivity index (χ1v) is 6.03. The molecule has 0 bridgehead atoms. The summed E-state index contributed by atoms with van der Waals surface area (Å²) in [6.45, 7) is 8.65. The van der Waals surface area contributed by atoms with Gasteiger partial charge in [-0.25, -0.2) is 4.98 Å². The average molecular weight is 226 g/mol. The van der Waals surface area contributed by atoms with E-state index in [0.717, 1.165) is 28.5 Å².